The van der Waals surface area contributed by atoms with Crippen molar-refractivity contribution in [1.29, 1.82) is 0 Å². The topological polar surface area (TPSA) is 55.8 Å². The fraction of sp³-hybridized carbons (Fsp3) is 0.103. The number of nitrogens with zero attached hydrogens (tertiary/aromatic N) is 1. The molecule has 1 aliphatic rings. The van der Waals surface area contributed by atoms with Crippen LogP contribution in [0.5, 0.6) is 11.5 Å². The highest BCUT2D eigenvalue weighted by atomic mass is 32.2. The number of carbonyl (C=O) groups excluding carboxylic acids is 2. The van der Waals surface area contributed by atoms with Crippen molar-refractivity contribution in [3.8, 4) is 11.5 Å². The van der Waals surface area contributed by atoms with E-state index in [1.165, 1.54) is 4.90 Å². The molecule has 2 amide bonds. The fourth-order valence-corrected chi connectivity index (χ4v) is 4.77. The van der Waals surface area contributed by atoms with Crippen LogP contribution in [0.15, 0.2) is 95.9 Å². The summed E-state index contributed by atoms with van der Waals surface area (Å²) in [6.07, 6.45) is 1.72. The van der Waals surface area contributed by atoms with Crippen molar-refractivity contribution < 1.29 is 19.1 Å². The second-order valence-electron chi connectivity index (χ2n) is 8.13. The molecule has 0 bridgehead atoms. The summed E-state index contributed by atoms with van der Waals surface area (Å²) in [5.74, 6) is 0.875. The zero-order valence-electron chi connectivity index (χ0n) is 19.1. The van der Waals surface area contributed by atoms with E-state index >= 15 is 0 Å². The molecule has 5 nitrogen and oxygen atoms in total. The Hall–Kier alpha value is -4.03. The number of fused-ring (bicyclic) bond motifs is 1. The molecule has 174 valence electrons. The number of thioether (sulfide) groups is 1. The maximum Gasteiger partial charge on any atom is 0.293 e. The van der Waals surface area contributed by atoms with Gasteiger partial charge in [-0.15, -0.1) is 0 Å². The smallest absolute Gasteiger partial charge is 0.293 e. The summed E-state index contributed by atoms with van der Waals surface area (Å²) >= 11 is 0.951. The van der Waals surface area contributed by atoms with Gasteiger partial charge in [0, 0.05) is 0 Å². The number of benzene rings is 4. The first kappa shape index (κ1) is 22.7. The van der Waals surface area contributed by atoms with Crippen LogP contribution in [-0.4, -0.2) is 23.2 Å². The summed E-state index contributed by atoms with van der Waals surface area (Å²) in [6, 6.07) is 29.3. The van der Waals surface area contributed by atoms with E-state index in [1.54, 1.807) is 19.3 Å². The summed E-state index contributed by atoms with van der Waals surface area (Å²) in [7, 11) is 1.58. The molecular formula is C29H23NO4S. The van der Waals surface area contributed by atoms with E-state index in [-0.39, 0.29) is 17.7 Å². The van der Waals surface area contributed by atoms with Crippen LogP contribution in [0.3, 0.4) is 0 Å². The minimum atomic E-state index is -0.295. The Kier molecular flexibility index (Phi) is 6.55. The normalized spacial score (nSPS) is 14.7. The Labute approximate surface area is 208 Å². The Balaban J connectivity index is 1.31. The molecule has 0 radical (unpaired) electrons. The van der Waals surface area contributed by atoms with Gasteiger partial charge in [-0.05, 0) is 63.5 Å². The summed E-state index contributed by atoms with van der Waals surface area (Å²) in [5.41, 5.74) is 2.72. The van der Waals surface area contributed by atoms with Gasteiger partial charge in [-0.25, -0.2) is 0 Å². The Morgan fingerprint density at radius 2 is 1.57 bits per heavy atom. The molecule has 35 heavy (non-hydrogen) atoms. The van der Waals surface area contributed by atoms with E-state index in [1.807, 2.05) is 84.9 Å². The van der Waals surface area contributed by atoms with Crippen molar-refractivity contribution >= 4 is 39.8 Å². The molecular weight excluding hydrogens is 458 g/mol. The second kappa shape index (κ2) is 10.1. The van der Waals surface area contributed by atoms with E-state index in [9.17, 15) is 9.59 Å². The molecule has 0 aliphatic carbocycles. The molecule has 1 aliphatic heterocycles. The number of carbonyl (C=O) groups is 2. The lowest BCUT2D eigenvalue weighted by Gasteiger charge is -2.13. The van der Waals surface area contributed by atoms with Crippen LogP contribution in [0.2, 0.25) is 0 Å². The zero-order valence-corrected chi connectivity index (χ0v) is 20.0. The maximum atomic E-state index is 13.0. The summed E-state index contributed by atoms with van der Waals surface area (Å²) in [6.45, 7) is 0.659. The number of methoxy groups -OCH3 is 1. The number of rotatable bonds is 7. The molecule has 1 heterocycles. The number of imide groups is 1. The van der Waals surface area contributed by atoms with Gasteiger partial charge in [0.15, 0.2) is 11.5 Å². The van der Waals surface area contributed by atoms with Crippen LogP contribution in [0.1, 0.15) is 16.7 Å². The van der Waals surface area contributed by atoms with Crippen molar-refractivity contribution in [1.82, 2.24) is 4.90 Å². The minimum Gasteiger partial charge on any atom is -0.493 e. The van der Waals surface area contributed by atoms with Crippen molar-refractivity contribution in [2.45, 2.75) is 13.2 Å². The molecule has 0 atom stereocenters. The summed E-state index contributed by atoms with van der Waals surface area (Å²) < 4.78 is 11.4. The lowest BCUT2D eigenvalue weighted by atomic mass is 10.1. The molecule has 1 fully saturated rings. The van der Waals surface area contributed by atoms with Gasteiger partial charge in [0.1, 0.15) is 6.61 Å². The lowest BCUT2D eigenvalue weighted by Crippen LogP contribution is -2.27. The van der Waals surface area contributed by atoms with Crippen molar-refractivity contribution in [2.75, 3.05) is 7.11 Å². The summed E-state index contributed by atoms with van der Waals surface area (Å²) in [5, 5.41) is 1.92. The largest absolute Gasteiger partial charge is 0.493 e. The first-order valence-electron chi connectivity index (χ1n) is 11.2. The molecule has 0 spiro atoms. The van der Waals surface area contributed by atoms with Crippen molar-refractivity contribution in [3.63, 3.8) is 0 Å². The van der Waals surface area contributed by atoms with Crippen LogP contribution in [0.25, 0.3) is 16.8 Å². The van der Waals surface area contributed by atoms with Crippen LogP contribution in [-0.2, 0) is 17.9 Å². The monoisotopic (exact) mass is 481 g/mol. The number of amides is 2. The van der Waals surface area contributed by atoms with Gasteiger partial charge in [-0.3, -0.25) is 14.5 Å². The molecule has 6 heteroatoms. The second-order valence-corrected chi connectivity index (χ2v) is 9.13. The SMILES string of the molecule is COc1cc(/C=C2\SC(=O)N(Cc3ccc4ccccc4c3)C2=O)ccc1OCc1ccccc1. The predicted octanol–water partition coefficient (Wildman–Crippen LogP) is 6.66. The molecule has 5 rings (SSSR count). The van der Waals surface area contributed by atoms with E-state index in [4.69, 9.17) is 9.47 Å². The first-order chi connectivity index (χ1) is 17.1. The van der Waals surface area contributed by atoms with Gasteiger partial charge >= 0.3 is 0 Å². The quantitative estimate of drug-likeness (QED) is 0.276. The highest BCUT2D eigenvalue weighted by Gasteiger charge is 2.35. The molecule has 4 aromatic rings. The summed E-state index contributed by atoms with van der Waals surface area (Å²) in [4.78, 5) is 27.3. The molecule has 0 saturated carbocycles. The van der Waals surface area contributed by atoms with E-state index in [2.05, 4.69) is 0 Å². The van der Waals surface area contributed by atoms with Gasteiger partial charge < -0.3 is 9.47 Å². The highest BCUT2D eigenvalue weighted by molar-refractivity contribution is 8.18. The van der Waals surface area contributed by atoms with Crippen LogP contribution in [0, 0.1) is 0 Å². The van der Waals surface area contributed by atoms with Gasteiger partial charge in [-0.2, -0.15) is 0 Å². The third kappa shape index (κ3) is 5.08. The number of hydrogen-bond acceptors (Lipinski definition) is 5. The van der Waals surface area contributed by atoms with E-state index in [0.29, 0.717) is 23.0 Å². The average molecular weight is 482 g/mol. The van der Waals surface area contributed by atoms with Gasteiger partial charge in [-0.1, -0.05) is 72.8 Å². The number of hydrogen-bond donors (Lipinski definition) is 0. The average Bonchev–Trinajstić information content (AvgIpc) is 3.15. The molecule has 4 aromatic carbocycles. The van der Waals surface area contributed by atoms with Crippen LogP contribution >= 0.6 is 11.8 Å². The fourth-order valence-electron chi connectivity index (χ4n) is 3.94. The first-order valence-corrected chi connectivity index (χ1v) is 12.0. The third-order valence-electron chi connectivity index (χ3n) is 5.75. The Morgan fingerprint density at radius 3 is 2.37 bits per heavy atom. The maximum absolute atomic E-state index is 13.0. The van der Waals surface area contributed by atoms with Gasteiger partial charge in [0.05, 0.1) is 18.6 Å². The van der Waals surface area contributed by atoms with Crippen LogP contribution in [0.4, 0.5) is 4.79 Å². The molecule has 0 aromatic heterocycles. The van der Waals surface area contributed by atoms with Crippen molar-refractivity contribution in [2.24, 2.45) is 0 Å². The lowest BCUT2D eigenvalue weighted by molar-refractivity contribution is -0.123. The minimum absolute atomic E-state index is 0.239. The highest BCUT2D eigenvalue weighted by Crippen LogP contribution is 2.35. The Morgan fingerprint density at radius 1 is 0.800 bits per heavy atom. The van der Waals surface area contributed by atoms with E-state index < -0.39 is 0 Å². The molecule has 0 unspecified atom stereocenters. The zero-order chi connectivity index (χ0) is 24.2. The van der Waals surface area contributed by atoms with Gasteiger partial charge in [0.2, 0.25) is 0 Å². The van der Waals surface area contributed by atoms with Crippen LogP contribution < -0.4 is 9.47 Å². The molecule has 0 N–H and O–H groups in total. The predicted molar refractivity (Wildman–Crippen MR) is 139 cm³/mol. The molecule has 1 saturated heterocycles. The van der Waals surface area contributed by atoms with Gasteiger partial charge in [0.25, 0.3) is 11.1 Å². The number of ether oxygens (including phenoxy) is 2. The Bertz CT molecular complexity index is 1430. The van der Waals surface area contributed by atoms with E-state index in [0.717, 1.165) is 39.2 Å². The van der Waals surface area contributed by atoms with Crippen molar-refractivity contribution in [3.05, 3.63) is 113 Å². The third-order valence-corrected chi connectivity index (χ3v) is 6.66. The standard InChI is InChI=1S/C29H23NO4S/c1-33-26-16-21(12-14-25(26)34-19-20-7-3-2-4-8-20)17-27-28(31)30(29(32)35-27)18-22-11-13-23-9-5-6-10-24(23)15-22/h2-17H,18-19H2,1H3/b27-17-.